The number of rotatable bonds is 4. The molecule has 0 fully saturated rings. The SMILES string of the molecule is COc1ccc2c(c1)CCN(C(=O)Cc1ccc([N+](=O)[O-])cc1)C2C. The molecule has 0 bridgehead atoms. The second kappa shape index (κ2) is 6.93. The molecule has 6 nitrogen and oxygen atoms in total. The fourth-order valence-electron chi connectivity index (χ4n) is 3.29. The highest BCUT2D eigenvalue weighted by molar-refractivity contribution is 5.79. The Morgan fingerprint density at radius 3 is 2.64 bits per heavy atom. The van der Waals surface area contributed by atoms with E-state index < -0.39 is 4.92 Å². The van der Waals surface area contributed by atoms with Crippen LogP contribution in [0.15, 0.2) is 42.5 Å². The number of hydrogen-bond donors (Lipinski definition) is 0. The minimum atomic E-state index is -0.441. The van der Waals surface area contributed by atoms with Crippen LogP contribution in [-0.2, 0) is 17.6 Å². The topological polar surface area (TPSA) is 72.7 Å². The molecule has 1 unspecified atom stereocenters. The molecular weight excluding hydrogens is 320 g/mol. The van der Waals surface area contributed by atoms with E-state index in [2.05, 4.69) is 0 Å². The highest BCUT2D eigenvalue weighted by Crippen LogP contribution is 2.32. The van der Waals surface area contributed by atoms with Crippen molar-refractivity contribution in [2.45, 2.75) is 25.8 Å². The molecule has 1 amide bonds. The number of non-ortho nitro benzene ring substituents is 1. The van der Waals surface area contributed by atoms with E-state index >= 15 is 0 Å². The van der Waals surface area contributed by atoms with Gasteiger partial charge < -0.3 is 9.64 Å². The monoisotopic (exact) mass is 340 g/mol. The number of carbonyl (C=O) groups excluding carboxylic acids is 1. The van der Waals surface area contributed by atoms with Gasteiger partial charge in [-0.05, 0) is 42.2 Å². The van der Waals surface area contributed by atoms with E-state index in [0.717, 1.165) is 23.3 Å². The van der Waals surface area contributed by atoms with E-state index in [1.165, 1.54) is 17.7 Å². The predicted molar refractivity (Wildman–Crippen MR) is 93.6 cm³/mol. The lowest BCUT2D eigenvalue weighted by molar-refractivity contribution is -0.384. The van der Waals surface area contributed by atoms with Gasteiger partial charge in [-0.3, -0.25) is 14.9 Å². The van der Waals surface area contributed by atoms with Gasteiger partial charge in [-0.1, -0.05) is 18.2 Å². The Labute approximate surface area is 146 Å². The van der Waals surface area contributed by atoms with Crippen LogP contribution in [0.25, 0.3) is 0 Å². The first kappa shape index (κ1) is 17.0. The van der Waals surface area contributed by atoms with Crippen molar-refractivity contribution in [1.29, 1.82) is 0 Å². The molecule has 1 heterocycles. The molecule has 0 saturated heterocycles. The number of nitro groups is 1. The lowest BCUT2D eigenvalue weighted by atomic mass is 9.92. The summed E-state index contributed by atoms with van der Waals surface area (Å²) in [4.78, 5) is 24.8. The van der Waals surface area contributed by atoms with E-state index in [4.69, 9.17) is 4.74 Å². The number of amides is 1. The summed E-state index contributed by atoms with van der Waals surface area (Å²) >= 11 is 0. The summed E-state index contributed by atoms with van der Waals surface area (Å²) < 4.78 is 5.27. The summed E-state index contributed by atoms with van der Waals surface area (Å²) in [5, 5.41) is 10.7. The van der Waals surface area contributed by atoms with Crippen LogP contribution >= 0.6 is 0 Å². The van der Waals surface area contributed by atoms with E-state index in [0.29, 0.717) is 6.54 Å². The third-order valence-corrected chi connectivity index (χ3v) is 4.71. The Kier molecular flexibility index (Phi) is 4.70. The molecule has 1 aliphatic rings. The molecule has 3 rings (SSSR count). The molecule has 0 N–H and O–H groups in total. The lowest BCUT2D eigenvalue weighted by Gasteiger charge is -2.35. The fourth-order valence-corrected chi connectivity index (χ4v) is 3.29. The number of fused-ring (bicyclic) bond motifs is 1. The van der Waals surface area contributed by atoms with Crippen molar-refractivity contribution in [1.82, 2.24) is 4.90 Å². The van der Waals surface area contributed by atoms with Crippen molar-refractivity contribution in [3.63, 3.8) is 0 Å². The maximum atomic E-state index is 12.7. The Bertz CT molecular complexity index is 802. The predicted octanol–water partition coefficient (Wildman–Crippen LogP) is 3.29. The van der Waals surface area contributed by atoms with E-state index in [1.807, 2.05) is 30.0 Å². The molecule has 130 valence electrons. The Morgan fingerprint density at radius 2 is 2.00 bits per heavy atom. The van der Waals surface area contributed by atoms with Crippen LogP contribution in [0.2, 0.25) is 0 Å². The zero-order chi connectivity index (χ0) is 18.0. The van der Waals surface area contributed by atoms with E-state index in [1.54, 1.807) is 19.2 Å². The van der Waals surface area contributed by atoms with Gasteiger partial charge >= 0.3 is 0 Å². The van der Waals surface area contributed by atoms with Crippen molar-refractivity contribution in [2.24, 2.45) is 0 Å². The largest absolute Gasteiger partial charge is 0.497 e. The van der Waals surface area contributed by atoms with Crippen LogP contribution in [0.1, 0.15) is 29.7 Å². The smallest absolute Gasteiger partial charge is 0.269 e. The zero-order valence-corrected chi connectivity index (χ0v) is 14.3. The highest BCUT2D eigenvalue weighted by atomic mass is 16.6. The normalized spacial score (nSPS) is 16.2. The van der Waals surface area contributed by atoms with Gasteiger partial charge in [0.15, 0.2) is 0 Å². The van der Waals surface area contributed by atoms with Crippen molar-refractivity contribution in [3.05, 3.63) is 69.3 Å². The lowest BCUT2D eigenvalue weighted by Crippen LogP contribution is -2.39. The molecule has 6 heteroatoms. The van der Waals surface area contributed by atoms with Gasteiger partial charge in [0.25, 0.3) is 5.69 Å². The first-order valence-electron chi connectivity index (χ1n) is 8.19. The highest BCUT2D eigenvalue weighted by Gasteiger charge is 2.27. The molecule has 1 atom stereocenters. The molecule has 0 spiro atoms. The molecule has 25 heavy (non-hydrogen) atoms. The first-order valence-corrected chi connectivity index (χ1v) is 8.19. The third-order valence-electron chi connectivity index (χ3n) is 4.71. The molecule has 0 radical (unpaired) electrons. The van der Waals surface area contributed by atoms with Gasteiger partial charge in [-0.2, -0.15) is 0 Å². The molecule has 2 aromatic carbocycles. The van der Waals surface area contributed by atoms with Crippen LogP contribution in [0.3, 0.4) is 0 Å². The number of hydrogen-bond acceptors (Lipinski definition) is 4. The minimum Gasteiger partial charge on any atom is -0.497 e. The van der Waals surface area contributed by atoms with Gasteiger partial charge in [0.1, 0.15) is 5.75 Å². The maximum Gasteiger partial charge on any atom is 0.269 e. The second-order valence-corrected chi connectivity index (χ2v) is 6.18. The van der Waals surface area contributed by atoms with Crippen LogP contribution in [-0.4, -0.2) is 29.4 Å². The maximum absolute atomic E-state index is 12.7. The number of methoxy groups -OCH3 is 1. The van der Waals surface area contributed by atoms with E-state index in [-0.39, 0.29) is 24.1 Å². The van der Waals surface area contributed by atoms with Crippen LogP contribution in [0.4, 0.5) is 5.69 Å². The fraction of sp³-hybridized carbons (Fsp3) is 0.316. The van der Waals surface area contributed by atoms with Crippen molar-refractivity contribution >= 4 is 11.6 Å². The molecule has 0 aliphatic carbocycles. The Morgan fingerprint density at radius 1 is 1.28 bits per heavy atom. The van der Waals surface area contributed by atoms with Gasteiger partial charge in [-0.15, -0.1) is 0 Å². The summed E-state index contributed by atoms with van der Waals surface area (Å²) in [6.07, 6.45) is 1.04. The van der Waals surface area contributed by atoms with E-state index in [9.17, 15) is 14.9 Å². The quantitative estimate of drug-likeness (QED) is 0.632. The standard InChI is InChI=1S/C19H20N2O4/c1-13-18-8-7-17(25-2)12-15(18)9-10-20(13)19(22)11-14-3-5-16(6-4-14)21(23)24/h3-8,12-13H,9-11H2,1-2H3. The number of ether oxygens (including phenoxy) is 1. The minimum absolute atomic E-state index is 0.000189. The average Bonchev–Trinajstić information content (AvgIpc) is 2.62. The van der Waals surface area contributed by atoms with Crippen molar-refractivity contribution < 1.29 is 14.5 Å². The van der Waals surface area contributed by atoms with Gasteiger partial charge in [0.2, 0.25) is 5.91 Å². The summed E-state index contributed by atoms with van der Waals surface area (Å²) in [7, 11) is 1.65. The first-order chi connectivity index (χ1) is 12.0. The second-order valence-electron chi connectivity index (χ2n) is 6.18. The van der Waals surface area contributed by atoms with Crippen molar-refractivity contribution in [3.8, 4) is 5.75 Å². The van der Waals surface area contributed by atoms with Crippen LogP contribution in [0, 0.1) is 10.1 Å². The zero-order valence-electron chi connectivity index (χ0n) is 14.3. The number of carbonyl (C=O) groups is 1. The number of nitrogens with zero attached hydrogens (tertiary/aromatic N) is 2. The summed E-state index contributed by atoms with van der Waals surface area (Å²) in [5.74, 6) is 0.861. The summed E-state index contributed by atoms with van der Waals surface area (Å²) in [6.45, 7) is 2.69. The summed E-state index contributed by atoms with van der Waals surface area (Å²) in [5.41, 5.74) is 3.17. The van der Waals surface area contributed by atoms with Gasteiger partial charge in [0.05, 0.1) is 24.5 Å². The Hall–Kier alpha value is -2.89. The molecule has 0 aromatic heterocycles. The number of benzene rings is 2. The van der Waals surface area contributed by atoms with Gasteiger partial charge in [-0.25, -0.2) is 0 Å². The Balaban J connectivity index is 1.73. The number of nitro benzene ring substituents is 1. The van der Waals surface area contributed by atoms with Crippen molar-refractivity contribution in [2.75, 3.05) is 13.7 Å². The summed E-state index contributed by atoms with van der Waals surface area (Å²) in [6, 6.07) is 12.1. The molecular formula is C19H20N2O4. The van der Waals surface area contributed by atoms with Crippen LogP contribution < -0.4 is 4.74 Å². The molecule has 2 aromatic rings. The molecule has 1 aliphatic heterocycles. The van der Waals surface area contributed by atoms with Crippen LogP contribution in [0.5, 0.6) is 5.75 Å². The molecule has 0 saturated carbocycles. The van der Waals surface area contributed by atoms with Gasteiger partial charge in [0, 0.05) is 18.7 Å². The third kappa shape index (κ3) is 3.47. The average molecular weight is 340 g/mol.